The second kappa shape index (κ2) is 21.7. The molecular formula is H3Na6O22P7. The topological polar surface area (TPSA) is 374 Å². The van der Waals surface area contributed by atoms with Crippen LogP contribution in [-0.4, -0.2) is 14.7 Å². The molecule has 1 heterocycles. The maximum Gasteiger partial charge on any atom is 1.00 e. The summed E-state index contributed by atoms with van der Waals surface area (Å²) in [5, 5.41) is 0. The Hall–Kier alpha value is 7.01. The second-order valence-electron chi connectivity index (χ2n) is 3.69. The van der Waals surface area contributed by atoms with Gasteiger partial charge in [0, 0.05) is 0 Å². The fourth-order valence-corrected chi connectivity index (χ4v) is 9.03. The summed E-state index contributed by atoms with van der Waals surface area (Å²) in [5.41, 5.74) is 0. The number of hydrogen-bond acceptors (Lipinski definition) is 19. The minimum absolute atomic E-state index is 0. The molecule has 35 heteroatoms. The normalized spacial score (nSPS) is 39.6. The summed E-state index contributed by atoms with van der Waals surface area (Å²) in [4.78, 5) is 87.3. The zero-order valence-corrected chi connectivity index (χ0v) is 36.5. The molecule has 0 bridgehead atoms. The Morgan fingerprint density at radius 1 is 0.400 bits per heavy atom. The van der Waals surface area contributed by atoms with E-state index in [1.54, 1.807) is 0 Å². The Morgan fingerprint density at radius 3 is 0.514 bits per heavy atom. The van der Waals surface area contributed by atoms with Gasteiger partial charge in [-0.1, -0.05) is 0 Å². The van der Waals surface area contributed by atoms with Crippen molar-refractivity contribution in [3.05, 3.63) is 0 Å². The molecule has 0 radical (unpaired) electrons. The summed E-state index contributed by atoms with van der Waals surface area (Å²) in [5.74, 6) is 0. The van der Waals surface area contributed by atoms with E-state index in [1.165, 1.54) is 0 Å². The van der Waals surface area contributed by atoms with Gasteiger partial charge in [0.05, 0.1) is 0 Å². The molecular weight excluding hydrogens is 707 g/mol. The molecule has 22 nitrogen and oxygen atoms in total. The van der Waals surface area contributed by atoms with Crippen molar-refractivity contribution < 1.29 is 279 Å². The van der Waals surface area contributed by atoms with Crippen LogP contribution in [0.5, 0.6) is 0 Å². The van der Waals surface area contributed by atoms with Crippen LogP contribution in [0, 0.1) is 0 Å². The van der Waals surface area contributed by atoms with E-state index in [-0.39, 0.29) is 177 Å². The molecule has 0 aromatic carbocycles. The number of hydrogen-bond donors (Lipinski definition) is 3. The van der Waals surface area contributed by atoms with Gasteiger partial charge in [0.1, 0.15) is 0 Å². The zero-order valence-electron chi connectivity index (χ0n) is 18.2. The van der Waals surface area contributed by atoms with E-state index >= 15 is 0 Å². The van der Waals surface area contributed by atoms with Gasteiger partial charge in [-0.25, -0.2) is 30.4 Å². The van der Waals surface area contributed by atoms with E-state index in [0.717, 1.165) is 0 Å². The Balaban J connectivity index is -0.000000130. The molecule has 3 N–H and O–H groups in total. The Bertz CT molecular complexity index is 733. The van der Waals surface area contributed by atoms with E-state index in [1.807, 2.05) is 0 Å². The fraction of sp³-hybridized carbons (Fsp3) is 0. The number of rotatable bonds is 0. The molecule has 0 aromatic rings. The minimum atomic E-state index is -6.56. The van der Waals surface area contributed by atoms with Crippen LogP contribution in [0.1, 0.15) is 0 Å². The predicted molar refractivity (Wildman–Crippen MR) is 66.4 cm³/mol. The van der Waals surface area contributed by atoms with Gasteiger partial charge in [-0.2, -0.15) is 0 Å². The van der Waals surface area contributed by atoms with Crippen molar-refractivity contribution in [3.8, 4) is 0 Å². The average Bonchev–Trinajstić information content (AvgIpc) is 2.10. The van der Waals surface area contributed by atoms with Crippen molar-refractivity contribution >= 4 is 54.8 Å². The predicted octanol–water partition coefficient (Wildman–Crippen LogP) is -22.0. The van der Waals surface area contributed by atoms with Crippen molar-refractivity contribution in [1.82, 2.24) is 0 Å². The molecule has 0 amide bonds. The Kier molecular flexibility index (Phi) is 35.7. The smallest absolute Gasteiger partial charge is 0.756 e. The van der Waals surface area contributed by atoms with Crippen LogP contribution in [-0.2, 0) is 57.8 Å². The van der Waals surface area contributed by atoms with Gasteiger partial charge in [-0.3, -0.25) is 27.4 Å². The molecule has 35 heavy (non-hydrogen) atoms. The van der Waals surface area contributed by atoms with Gasteiger partial charge in [0.2, 0.25) is 0 Å². The van der Waals surface area contributed by atoms with Gasteiger partial charge in [0.25, 0.3) is 46.9 Å². The van der Waals surface area contributed by atoms with Crippen molar-refractivity contribution in [3.63, 3.8) is 0 Å². The maximum absolute atomic E-state index is 11.0. The van der Waals surface area contributed by atoms with Gasteiger partial charge in [0.15, 0.2) is 0 Å². The van der Waals surface area contributed by atoms with E-state index in [0.29, 0.717) is 0 Å². The first-order valence-electron chi connectivity index (χ1n) is 5.16. The Morgan fingerprint density at radius 2 is 0.457 bits per heavy atom. The van der Waals surface area contributed by atoms with Crippen LogP contribution in [0.15, 0.2) is 0 Å². The quantitative estimate of drug-likeness (QED) is 0.155. The summed E-state index contributed by atoms with van der Waals surface area (Å²) < 4.78 is 92.3. The fourth-order valence-electron chi connectivity index (χ4n) is 0.824. The molecule has 0 aliphatic carbocycles. The molecule has 1 aliphatic rings. The standard InChI is InChI=1S/6Na.H6O18P6.H3O4P/c;;;;;;1-19(2)13-20(3,4)15-22(7,8)17-24(11,12)18-23(9,10)16-21(5,6)14-19;1-5(2,3)4/h;;;;;;(H,1,2)(H,3,4)(H,5,6)(H,7,8)(H,9,10)(H,11,12);(H3,1,2,3,4)/q6*+1;;/p-6. The SMILES string of the molecule is O=P(O)(O)O.O=P1([O-])OP(=O)([O-])OP(=O)([O-])OP(=O)([O-])OP(=O)([O-])OP(=O)([O-])O1.[Na+].[Na+].[Na+].[Na+].[Na+].[Na+]. The molecule has 0 atom stereocenters. The molecule has 0 unspecified atom stereocenters. The summed E-state index contributed by atoms with van der Waals surface area (Å²) in [6, 6.07) is 0. The summed E-state index contributed by atoms with van der Waals surface area (Å²) >= 11 is 0. The first-order chi connectivity index (χ1) is 12.2. The van der Waals surface area contributed by atoms with Crippen LogP contribution in [0.4, 0.5) is 0 Å². The van der Waals surface area contributed by atoms with E-state index in [9.17, 15) is 56.8 Å². The molecule has 0 aromatic heterocycles. The molecule has 176 valence electrons. The summed E-state index contributed by atoms with van der Waals surface area (Å²) in [7, 11) is -44.0. The first kappa shape index (κ1) is 57.6. The Labute approximate surface area is 328 Å². The minimum Gasteiger partial charge on any atom is -0.756 e. The van der Waals surface area contributed by atoms with Gasteiger partial charge in [-0.15, -0.1) is 0 Å². The average molecular weight is 710 g/mol. The van der Waals surface area contributed by atoms with Crippen LogP contribution in [0.2, 0.25) is 0 Å². The van der Waals surface area contributed by atoms with E-state index in [2.05, 4.69) is 25.9 Å². The largest absolute Gasteiger partial charge is 1.00 e. The van der Waals surface area contributed by atoms with E-state index < -0.39 is 54.8 Å². The monoisotopic (exact) mass is 710 g/mol. The van der Waals surface area contributed by atoms with Crippen molar-refractivity contribution in [2.75, 3.05) is 0 Å². The number of phosphoric acid groups is 7. The molecule has 1 saturated heterocycles. The van der Waals surface area contributed by atoms with Crippen LogP contribution in [0.3, 0.4) is 0 Å². The van der Waals surface area contributed by atoms with Gasteiger partial charge < -0.3 is 44.0 Å². The molecule has 1 fully saturated rings. The molecule has 0 saturated carbocycles. The first-order valence-corrected chi connectivity index (χ1v) is 15.5. The molecule has 1 rings (SSSR count). The van der Waals surface area contributed by atoms with Crippen molar-refractivity contribution in [1.29, 1.82) is 0 Å². The maximum atomic E-state index is 11.0. The second-order valence-corrected chi connectivity index (χ2v) is 14.0. The van der Waals surface area contributed by atoms with Crippen LogP contribution >= 0.6 is 54.8 Å². The van der Waals surface area contributed by atoms with Crippen molar-refractivity contribution in [2.24, 2.45) is 0 Å². The van der Waals surface area contributed by atoms with Gasteiger partial charge >= 0.3 is 185 Å². The zero-order chi connectivity index (χ0) is 23.7. The third kappa shape index (κ3) is 33.7. The van der Waals surface area contributed by atoms with Crippen LogP contribution in [0.25, 0.3) is 0 Å². The van der Waals surface area contributed by atoms with E-state index in [4.69, 9.17) is 19.2 Å². The molecule has 1 aliphatic heterocycles. The summed E-state index contributed by atoms with van der Waals surface area (Å²) in [6.07, 6.45) is 0. The van der Waals surface area contributed by atoms with Crippen molar-refractivity contribution in [2.45, 2.75) is 0 Å². The van der Waals surface area contributed by atoms with Crippen LogP contribution < -0.4 is 207 Å². The molecule has 0 spiro atoms. The third-order valence-corrected chi connectivity index (χ3v) is 10.8. The summed E-state index contributed by atoms with van der Waals surface area (Å²) in [6.45, 7) is 0. The third-order valence-electron chi connectivity index (χ3n) is 1.20. The van der Waals surface area contributed by atoms with Gasteiger partial charge in [-0.05, 0) is 0 Å².